The molecule has 0 aliphatic heterocycles. The molecule has 0 aliphatic rings. The molecule has 0 unspecified atom stereocenters. The number of amides is 1. The molecule has 18 heavy (non-hydrogen) atoms. The Morgan fingerprint density at radius 2 is 2.33 bits per heavy atom. The molecule has 0 radical (unpaired) electrons. The highest BCUT2D eigenvalue weighted by atomic mass is 32.1. The molecular weight excluding hydrogens is 248 g/mol. The number of carbonyl (C=O) groups is 1. The average Bonchev–Trinajstić information content (AvgIpc) is 2.79. The van der Waals surface area contributed by atoms with E-state index in [4.69, 9.17) is 5.73 Å². The fourth-order valence-electron chi connectivity index (χ4n) is 1.44. The minimum absolute atomic E-state index is 0.102. The first-order valence-electron chi connectivity index (χ1n) is 5.62. The molecule has 0 aliphatic carbocycles. The molecular formula is C12H14N4OS. The molecule has 0 spiro atoms. The van der Waals surface area contributed by atoms with Gasteiger partial charge in [0.05, 0.1) is 29.0 Å². The first-order valence-corrected chi connectivity index (χ1v) is 6.50. The Kier molecular flexibility index (Phi) is 3.88. The molecule has 1 amide bonds. The molecule has 2 rings (SSSR count). The third-order valence-electron chi connectivity index (χ3n) is 2.31. The molecule has 0 bridgehead atoms. The Labute approximate surface area is 109 Å². The quantitative estimate of drug-likeness (QED) is 0.881. The number of nitrogens with two attached hydrogens (primary N) is 1. The van der Waals surface area contributed by atoms with Crippen LogP contribution >= 0.6 is 11.3 Å². The minimum Gasteiger partial charge on any atom is -0.384 e. The molecule has 2 aromatic rings. The highest BCUT2D eigenvalue weighted by Gasteiger charge is 2.07. The largest absolute Gasteiger partial charge is 0.384 e. The van der Waals surface area contributed by atoms with Crippen LogP contribution < -0.4 is 11.1 Å². The van der Waals surface area contributed by atoms with Crippen LogP contribution in [0.1, 0.15) is 17.6 Å². The van der Waals surface area contributed by atoms with Crippen LogP contribution in [0.25, 0.3) is 0 Å². The summed E-state index contributed by atoms with van der Waals surface area (Å²) in [4.78, 5) is 20.0. The van der Waals surface area contributed by atoms with E-state index in [0.29, 0.717) is 11.5 Å². The SMILES string of the molecule is CCc1nc(CC(=O)Nc2ccc(N)nc2)cs1. The molecule has 0 saturated carbocycles. The van der Waals surface area contributed by atoms with Crippen LogP contribution in [-0.2, 0) is 17.6 Å². The second-order valence-corrected chi connectivity index (χ2v) is 4.73. The number of aryl methyl sites for hydroxylation is 1. The first-order chi connectivity index (χ1) is 8.67. The van der Waals surface area contributed by atoms with Crippen LogP contribution in [0, 0.1) is 0 Å². The van der Waals surface area contributed by atoms with Crippen molar-refractivity contribution >= 4 is 28.7 Å². The van der Waals surface area contributed by atoms with Crippen LogP contribution in [0.3, 0.4) is 0 Å². The highest BCUT2D eigenvalue weighted by molar-refractivity contribution is 7.09. The van der Waals surface area contributed by atoms with Crippen molar-refractivity contribution in [3.63, 3.8) is 0 Å². The number of aromatic nitrogens is 2. The smallest absolute Gasteiger partial charge is 0.230 e. The molecule has 0 aromatic carbocycles. The van der Waals surface area contributed by atoms with E-state index in [-0.39, 0.29) is 12.3 Å². The Morgan fingerprint density at radius 1 is 1.50 bits per heavy atom. The van der Waals surface area contributed by atoms with Gasteiger partial charge in [-0.15, -0.1) is 11.3 Å². The standard InChI is InChI=1S/C12H14N4OS/c1-2-12-16-9(7-18-12)5-11(17)15-8-3-4-10(13)14-6-8/h3-4,6-7H,2,5H2,1H3,(H2,13,14)(H,15,17). The van der Waals surface area contributed by atoms with Crippen molar-refractivity contribution in [3.05, 3.63) is 34.4 Å². The van der Waals surface area contributed by atoms with Crippen molar-refractivity contribution in [1.29, 1.82) is 0 Å². The number of thiazole rings is 1. The topological polar surface area (TPSA) is 80.9 Å². The van der Waals surface area contributed by atoms with Gasteiger partial charge in [-0.25, -0.2) is 9.97 Å². The monoisotopic (exact) mass is 262 g/mol. The lowest BCUT2D eigenvalue weighted by Crippen LogP contribution is -2.14. The van der Waals surface area contributed by atoms with Crippen LogP contribution in [0.2, 0.25) is 0 Å². The van der Waals surface area contributed by atoms with E-state index in [0.717, 1.165) is 17.1 Å². The maximum absolute atomic E-state index is 11.8. The van der Waals surface area contributed by atoms with Gasteiger partial charge in [0.15, 0.2) is 0 Å². The fourth-order valence-corrected chi connectivity index (χ4v) is 2.19. The van der Waals surface area contributed by atoms with Gasteiger partial charge in [0.25, 0.3) is 0 Å². The molecule has 5 nitrogen and oxygen atoms in total. The fraction of sp³-hybridized carbons (Fsp3) is 0.250. The van der Waals surface area contributed by atoms with Gasteiger partial charge in [-0.05, 0) is 18.6 Å². The summed E-state index contributed by atoms with van der Waals surface area (Å²) >= 11 is 1.58. The van der Waals surface area contributed by atoms with E-state index in [9.17, 15) is 4.79 Å². The van der Waals surface area contributed by atoms with Gasteiger partial charge in [-0.2, -0.15) is 0 Å². The third-order valence-corrected chi connectivity index (χ3v) is 3.36. The maximum Gasteiger partial charge on any atom is 0.230 e. The molecule has 2 heterocycles. The van der Waals surface area contributed by atoms with Crippen molar-refractivity contribution in [2.24, 2.45) is 0 Å². The van der Waals surface area contributed by atoms with Gasteiger partial charge < -0.3 is 11.1 Å². The molecule has 0 saturated heterocycles. The average molecular weight is 262 g/mol. The normalized spacial score (nSPS) is 10.3. The van der Waals surface area contributed by atoms with Crippen molar-refractivity contribution in [2.45, 2.75) is 19.8 Å². The number of carbonyl (C=O) groups excluding carboxylic acids is 1. The number of nitrogens with zero attached hydrogens (tertiary/aromatic N) is 2. The molecule has 6 heteroatoms. The summed E-state index contributed by atoms with van der Waals surface area (Å²) < 4.78 is 0. The first kappa shape index (κ1) is 12.5. The Bertz CT molecular complexity index is 535. The molecule has 0 fully saturated rings. The zero-order valence-electron chi connectivity index (χ0n) is 10.0. The second-order valence-electron chi connectivity index (χ2n) is 3.78. The minimum atomic E-state index is -0.102. The molecule has 3 N–H and O–H groups in total. The lowest BCUT2D eigenvalue weighted by molar-refractivity contribution is -0.115. The van der Waals surface area contributed by atoms with Gasteiger partial charge in [-0.1, -0.05) is 6.92 Å². The summed E-state index contributed by atoms with van der Waals surface area (Å²) in [6.45, 7) is 2.04. The maximum atomic E-state index is 11.8. The molecule has 2 aromatic heterocycles. The van der Waals surface area contributed by atoms with Crippen molar-refractivity contribution in [1.82, 2.24) is 9.97 Å². The predicted octanol–water partition coefficient (Wildman–Crippen LogP) is 1.86. The second kappa shape index (κ2) is 5.59. The van der Waals surface area contributed by atoms with Gasteiger partial charge in [-0.3, -0.25) is 4.79 Å². The summed E-state index contributed by atoms with van der Waals surface area (Å²) in [5.74, 6) is 0.328. The summed E-state index contributed by atoms with van der Waals surface area (Å²) in [6, 6.07) is 3.37. The van der Waals surface area contributed by atoms with E-state index in [1.165, 1.54) is 6.20 Å². The molecule has 94 valence electrons. The van der Waals surface area contributed by atoms with E-state index in [2.05, 4.69) is 15.3 Å². The van der Waals surface area contributed by atoms with Gasteiger partial charge in [0.2, 0.25) is 5.91 Å². The van der Waals surface area contributed by atoms with E-state index in [1.807, 2.05) is 12.3 Å². The number of hydrogen-bond acceptors (Lipinski definition) is 5. The van der Waals surface area contributed by atoms with Crippen molar-refractivity contribution < 1.29 is 4.79 Å². The zero-order valence-corrected chi connectivity index (χ0v) is 10.8. The van der Waals surface area contributed by atoms with Gasteiger partial charge in [0.1, 0.15) is 5.82 Å². The lowest BCUT2D eigenvalue weighted by Gasteiger charge is -2.03. The van der Waals surface area contributed by atoms with E-state index in [1.54, 1.807) is 23.5 Å². The lowest BCUT2D eigenvalue weighted by atomic mass is 10.3. The van der Waals surface area contributed by atoms with Crippen LogP contribution in [0.15, 0.2) is 23.7 Å². The molecule has 0 atom stereocenters. The number of pyridine rings is 1. The Hall–Kier alpha value is -1.95. The van der Waals surface area contributed by atoms with E-state index >= 15 is 0 Å². The number of nitrogen functional groups attached to an aromatic ring is 1. The van der Waals surface area contributed by atoms with Gasteiger partial charge in [0, 0.05) is 5.38 Å². The third kappa shape index (κ3) is 3.27. The summed E-state index contributed by atoms with van der Waals surface area (Å²) in [6.07, 6.45) is 2.71. The highest BCUT2D eigenvalue weighted by Crippen LogP contribution is 2.12. The Balaban J connectivity index is 1.94. The van der Waals surface area contributed by atoms with Crippen molar-refractivity contribution in [3.8, 4) is 0 Å². The van der Waals surface area contributed by atoms with E-state index < -0.39 is 0 Å². The summed E-state index contributed by atoms with van der Waals surface area (Å²) in [5, 5.41) is 5.72. The van der Waals surface area contributed by atoms with Gasteiger partial charge >= 0.3 is 0 Å². The number of hydrogen-bond donors (Lipinski definition) is 2. The predicted molar refractivity (Wildman–Crippen MR) is 72.5 cm³/mol. The Morgan fingerprint density at radius 3 is 2.94 bits per heavy atom. The van der Waals surface area contributed by atoms with Crippen LogP contribution in [0.4, 0.5) is 11.5 Å². The zero-order chi connectivity index (χ0) is 13.0. The van der Waals surface area contributed by atoms with Crippen LogP contribution in [0.5, 0.6) is 0 Å². The number of rotatable bonds is 4. The summed E-state index contributed by atoms with van der Waals surface area (Å²) in [7, 11) is 0. The number of nitrogens with one attached hydrogen (secondary N) is 1. The summed E-state index contributed by atoms with van der Waals surface area (Å²) in [5.41, 5.74) is 6.91. The van der Waals surface area contributed by atoms with Crippen molar-refractivity contribution in [2.75, 3.05) is 11.1 Å². The number of anilines is 2. The van der Waals surface area contributed by atoms with Crippen LogP contribution in [-0.4, -0.2) is 15.9 Å².